The van der Waals surface area contributed by atoms with Gasteiger partial charge in [0, 0.05) is 25.4 Å². The summed E-state index contributed by atoms with van der Waals surface area (Å²) in [6.07, 6.45) is 1.44. The van der Waals surface area contributed by atoms with Gasteiger partial charge in [-0.2, -0.15) is 0 Å². The lowest BCUT2D eigenvalue weighted by molar-refractivity contribution is -0.118. The summed E-state index contributed by atoms with van der Waals surface area (Å²) in [4.78, 5) is 24.8. The van der Waals surface area contributed by atoms with E-state index in [-0.39, 0.29) is 17.9 Å². The van der Waals surface area contributed by atoms with E-state index in [2.05, 4.69) is 0 Å². The maximum absolute atomic E-state index is 11.9. The van der Waals surface area contributed by atoms with Crippen molar-refractivity contribution < 1.29 is 14.3 Å². The molecule has 4 nitrogen and oxygen atoms in total. The van der Waals surface area contributed by atoms with Gasteiger partial charge in [0.25, 0.3) is 0 Å². The third-order valence-corrected chi connectivity index (χ3v) is 2.63. The summed E-state index contributed by atoms with van der Waals surface area (Å²) >= 11 is 0. The van der Waals surface area contributed by atoms with Crippen LogP contribution in [0.5, 0.6) is 0 Å². The van der Waals surface area contributed by atoms with E-state index < -0.39 is 5.60 Å². The number of Topliss-reactive ketones (excluding diaryl/α,β-unsaturated/α-hetero) is 1. The van der Waals surface area contributed by atoms with Crippen LogP contribution in [0.2, 0.25) is 0 Å². The third kappa shape index (κ3) is 3.83. The van der Waals surface area contributed by atoms with Crippen LogP contribution in [0.1, 0.15) is 47.0 Å². The Morgan fingerprint density at radius 3 is 2.56 bits per heavy atom. The lowest BCUT2D eigenvalue weighted by Crippen LogP contribution is -2.41. The highest BCUT2D eigenvalue weighted by Crippen LogP contribution is 2.18. The molecular formula is C12H21NO3. The summed E-state index contributed by atoms with van der Waals surface area (Å²) in [5, 5.41) is 0. The maximum atomic E-state index is 11.9. The zero-order valence-electron chi connectivity index (χ0n) is 10.6. The molecule has 92 valence electrons. The van der Waals surface area contributed by atoms with Crippen molar-refractivity contribution >= 4 is 11.9 Å². The van der Waals surface area contributed by atoms with Gasteiger partial charge in [0.05, 0.1) is 0 Å². The molecule has 16 heavy (non-hydrogen) atoms. The Bertz CT molecular complexity index is 280. The predicted molar refractivity (Wildman–Crippen MR) is 61.3 cm³/mol. The first kappa shape index (κ1) is 13.0. The SMILES string of the molecule is C[C@@H]1CCC(=O)CCN1C(=O)OC(C)(C)C. The summed E-state index contributed by atoms with van der Waals surface area (Å²) in [7, 11) is 0. The molecule has 1 aliphatic rings. The van der Waals surface area contributed by atoms with Gasteiger partial charge in [-0.15, -0.1) is 0 Å². The Balaban J connectivity index is 2.63. The van der Waals surface area contributed by atoms with Crippen LogP contribution >= 0.6 is 0 Å². The summed E-state index contributed by atoms with van der Waals surface area (Å²) < 4.78 is 5.31. The molecule has 4 heteroatoms. The standard InChI is InChI=1S/C12H21NO3/c1-9-5-6-10(14)7-8-13(9)11(15)16-12(2,3)4/h9H,5-8H2,1-4H3/t9-/m1/s1. The summed E-state index contributed by atoms with van der Waals surface area (Å²) in [5.41, 5.74) is -0.479. The zero-order chi connectivity index (χ0) is 12.3. The molecule has 0 unspecified atom stereocenters. The van der Waals surface area contributed by atoms with E-state index in [1.54, 1.807) is 4.90 Å². The number of ether oxygens (including phenoxy) is 1. The fourth-order valence-electron chi connectivity index (χ4n) is 1.71. The highest BCUT2D eigenvalue weighted by Gasteiger charge is 2.28. The van der Waals surface area contributed by atoms with Crippen molar-refractivity contribution in [3.63, 3.8) is 0 Å². The second kappa shape index (κ2) is 4.85. The molecule has 0 aromatic carbocycles. The van der Waals surface area contributed by atoms with Crippen LogP contribution < -0.4 is 0 Å². The van der Waals surface area contributed by atoms with Crippen molar-refractivity contribution in [3.8, 4) is 0 Å². The van der Waals surface area contributed by atoms with Gasteiger partial charge >= 0.3 is 6.09 Å². The smallest absolute Gasteiger partial charge is 0.410 e. The molecule has 0 bridgehead atoms. The van der Waals surface area contributed by atoms with Gasteiger partial charge in [0.1, 0.15) is 11.4 Å². The van der Waals surface area contributed by atoms with E-state index in [0.717, 1.165) is 6.42 Å². The number of amides is 1. The zero-order valence-corrected chi connectivity index (χ0v) is 10.6. The Labute approximate surface area is 96.9 Å². The lowest BCUT2D eigenvalue weighted by atomic mass is 10.1. The van der Waals surface area contributed by atoms with Gasteiger partial charge in [0.2, 0.25) is 0 Å². The second-order valence-corrected chi connectivity index (χ2v) is 5.35. The minimum atomic E-state index is -0.479. The van der Waals surface area contributed by atoms with Crippen molar-refractivity contribution in [1.29, 1.82) is 0 Å². The molecule has 1 atom stereocenters. The number of rotatable bonds is 0. The largest absolute Gasteiger partial charge is 0.444 e. The van der Waals surface area contributed by atoms with Crippen LogP contribution in [0.25, 0.3) is 0 Å². The van der Waals surface area contributed by atoms with Gasteiger partial charge in [0.15, 0.2) is 0 Å². The average Bonchev–Trinajstić information content (AvgIpc) is 2.26. The number of hydrogen-bond acceptors (Lipinski definition) is 3. The van der Waals surface area contributed by atoms with E-state index in [1.165, 1.54) is 0 Å². The quantitative estimate of drug-likeness (QED) is 0.638. The van der Waals surface area contributed by atoms with Crippen LogP contribution in [-0.4, -0.2) is 35.0 Å². The van der Waals surface area contributed by atoms with Crippen molar-refractivity contribution in [2.75, 3.05) is 6.54 Å². The molecule has 1 heterocycles. The molecule has 0 aromatic heterocycles. The average molecular weight is 227 g/mol. The Kier molecular flexibility index (Phi) is 3.94. The molecule has 0 saturated carbocycles. The predicted octanol–water partition coefficient (Wildman–Crippen LogP) is 2.37. The van der Waals surface area contributed by atoms with E-state index in [9.17, 15) is 9.59 Å². The van der Waals surface area contributed by atoms with E-state index in [0.29, 0.717) is 19.4 Å². The van der Waals surface area contributed by atoms with Crippen LogP contribution in [-0.2, 0) is 9.53 Å². The first-order valence-corrected chi connectivity index (χ1v) is 5.81. The molecule has 0 N–H and O–H groups in total. The number of hydrogen-bond donors (Lipinski definition) is 0. The monoisotopic (exact) mass is 227 g/mol. The summed E-state index contributed by atoms with van der Waals surface area (Å²) in [5.74, 6) is 0.234. The second-order valence-electron chi connectivity index (χ2n) is 5.35. The number of nitrogens with zero attached hydrogens (tertiary/aromatic N) is 1. The van der Waals surface area contributed by atoms with Crippen molar-refractivity contribution in [1.82, 2.24) is 4.90 Å². The highest BCUT2D eigenvalue weighted by atomic mass is 16.6. The molecule has 0 aliphatic carbocycles. The number of likely N-dealkylation sites (tertiary alicyclic amines) is 1. The number of ketones is 1. The van der Waals surface area contributed by atoms with Crippen molar-refractivity contribution in [3.05, 3.63) is 0 Å². The lowest BCUT2D eigenvalue weighted by Gasteiger charge is -2.30. The van der Waals surface area contributed by atoms with Gasteiger partial charge in [-0.1, -0.05) is 0 Å². The number of carbonyl (C=O) groups is 2. The molecule has 0 radical (unpaired) electrons. The maximum Gasteiger partial charge on any atom is 0.410 e. The van der Waals surface area contributed by atoms with E-state index in [4.69, 9.17) is 4.74 Å². The number of carbonyl (C=O) groups excluding carboxylic acids is 2. The van der Waals surface area contributed by atoms with Gasteiger partial charge in [-0.25, -0.2) is 4.79 Å². The normalized spacial score (nSPS) is 22.9. The fourth-order valence-corrected chi connectivity index (χ4v) is 1.71. The molecule has 1 fully saturated rings. The van der Waals surface area contributed by atoms with Gasteiger partial charge in [-0.3, -0.25) is 4.79 Å². The van der Waals surface area contributed by atoms with Crippen LogP contribution in [0.15, 0.2) is 0 Å². The topological polar surface area (TPSA) is 46.6 Å². The van der Waals surface area contributed by atoms with Crippen molar-refractivity contribution in [2.24, 2.45) is 0 Å². The fraction of sp³-hybridized carbons (Fsp3) is 0.833. The van der Waals surface area contributed by atoms with Gasteiger partial charge in [-0.05, 0) is 34.1 Å². The molecule has 0 spiro atoms. The minimum absolute atomic E-state index is 0.0845. The highest BCUT2D eigenvalue weighted by molar-refractivity contribution is 5.80. The molecule has 0 aromatic rings. The van der Waals surface area contributed by atoms with Gasteiger partial charge < -0.3 is 9.64 Å². The molecule has 1 rings (SSSR count). The first-order valence-electron chi connectivity index (χ1n) is 5.81. The Morgan fingerprint density at radius 1 is 1.38 bits per heavy atom. The van der Waals surface area contributed by atoms with E-state index >= 15 is 0 Å². The van der Waals surface area contributed by atoms with Crippen molar-refractivity contribution in [2.45, 2.75) is 58.6 Å². The Hall–Kier alpha value is -1.06. The van der Waals surface area contributed by atoms with Crippen LogP contribution in [0, 0.1) is 0 Å². The third-order valence-electron chi connectivity index (χ3n) is 2.63. The molecule has 1 saturated heterocycles. The first-order chi connectivity index (χ1) is 7.29. The summed E-state index contributed by atoms with van der Waals surface area (Å²) in [6, 6.07) is 0.0845. The van der Waals surface area contributed by atoms with E-state index in [1.807, 2.05) is 27.7 Å². The summed E-state index contributed by atoms with van der Waals surface area (Å²) in [6.45, 7) is 7.98. The van der Waals surface area contributed by atoms with Crippen LogP contribution in [0.3, 0.4) is 0 Å². The van der Waals surface area contributed by atoms with Crippen LogP contribution in [0.4, 0.5) is 4.79 Å². The molecule has 1 amide bonds. The minimum Gasteiger partial charge on any atom is -0.444 e. The Morgan fingerprint density at radius 2 is 2.00 bits per heavy atom. The molecular weight excluding hydrogens is 206 g/mol. The molecule has 1 aliphatic heterocycles.